The summed E-state index contributed by atoms with van der Waals surface area (Å²) < 4.78 is 32.7. The smallest absolute Gasteiger partial charge is 0.462 e. The third-order valence-corrected chi connectivity index (χ3v) is 9.62. The van der Waals surface area contributed by atoms with Crippen LogP contribution in [0.2, 0.25) is 0 Å². The summed E-state index contributed by atoms with van der Waals surface area (Å²) >= 11 is 0. The van der Waals surface area contributed by atoms with E-state index in [2.05, 4.69) is 74.6 Å². The SMILES string of the molecule is CC/C=C\C/C=C\C/C=C\CCCCCCCCCC(=O)OC(COC(=O)CCCCCCC/C=C\C/C=C\CCCCCC)COP(=O)(O)OCCN. The first-order chi connectivity index (χ1) is 26.3. The maximum atomic E-state index is 12.6. The van der Waals surface area contributed by atoms with Crippen LogP contribution < -0.4 is 5.73 Å². The van der Waals surface area contributed by atoms with Crippen LogP contribution in [0.4, 0.5) is 0 Å². The minimum atomic E-state index is -4.38. The van der Waals surface area contributed by atoms with Crippen LogP contribution in [0, 0.1) is 0 Å². The molecule has 0 heterocycles. The molecule has 9 nitrogen and oxygen atoms in total. The number of hydrogen-bond donors (Lipinski definition) is 2. The summed E-state index contributed by atoms with van der Waals surface area (Å²) in [6.45, 7) is 3.57. The van der Waals surface area contributed by atoms with Gasteiger partial charge >= 0.3 is 19.8 Å². The van der Waals surface area contributed by atoms with Gasteiger partial charge in [-0.1, -0.05) is 145 Å². The van der Waals surface area contributed by atoms with Crippen molar-refractivity contribution in [2.24, 2.45) is 5.73 Å². The quantitative estimate of drug-likeness (QED) is 0.0270. The highest BCUT2D eigenvalue weighted by Crippen LogP contribution is 2.43. The predicted molar refractivity (Wildman–Crippen MR) is 224 cm³/mol. The number of phosphoric acid groups is 1. The van der Waals surface area contributed by atoms with Crippen molar-refractivity contribution in [2.45, 2.75) is 180 Å². The molecular formula is C44H78NO8P. The van der Waals surface area contributed by atoms with E-state index in [4.69, 9.17) is 24.3 Å². The number of rotatable bonds is 39. The Labute approximate surface area is 329 Å². The average Bonchev–Trinajstić information content (AvgIpc) is 3.16. The molecule has 0 fully saturated rings. The van der Waals surface area contributed by atoms with Gasteiger partial charge in [0.25, 0.3) is 0 Å². The van der Waals surface area contributed by atoms with E-state index < -0.39 is 32.5 Å². The van der Waals surface area contributed by atoms with Crippen LogP contribution in [0.5, 0.6) is 0 Å². The van der Waals surface area contributed by atoms with Gasteiger partial charge in [-0.05, 0) is 77.0 Å². The number of carbonyl (C=O) groups excluding carboxylic acids is 2. The molecule has 0 rings (SSSR count). The molecule has 0 aliphatic rings. The normalized spacial score (nSPS) is 13.9. The second kappa shape index (κ2) is 40.4. The van der Waals surface area contributed by atoms with Gasteiger partial charge in [-0.15, -0.1) is 0 Å². The maximum absolute atomic E-state index is 12.6. The number of ether oxygens (including phenoxy) is 2. The second-order valence-corrected chi connectivity index (χ2v) is 15.3. The lowest BCUT2D eigenvalue weighted by molar-refractivity contribution is -0.161. The van der Waals surface area contributed by atoms with E-state index in [1.807, 2.05) is 0 Å². The van der Waals surface area contributed by atoms with Crippen LogP contribution in [0.25, 0.3) is 0 Å². The second-order valence-electron chi connectivity index (χ2n) is 13.8. The van der Waals surface area contributed by atoms with Crippen molar-refractivity contribution in [3.05, 3.63) is 60.8 Å². The first-order valence-electron chi connectivity index (χ1n) is 21.3. The van der Waals surface area contributed by atoms with Crippen molar-refractivity contribution >= 4 is 19.8 Å². The van der Waals surface area contributed by atoms with Gasteiger partial charge in [0.1, 0.15) is 6.61 Å². The van der Waals surface area contributed by atoms with Crippen molar-refractivity contribution in [3.63, 3.8) is 0 Å². The zero-order valence-electron chi connectivity index (χ0n) is 34.2. The lowest BCUT2D eigenvalue weighted by Crippen LogP contribution is -2.29. The average molecular weight is 780 g/mol. The maximum Gasteiger partial charge on any atom is 0.472 e. The number of carbonyl (C=O) groups is 2. The Morgan fingerprint density at radius 3 is 1.52 bits per heavy atom. The fourth-order valence-electron chi connectivity index (χ4n) is 5.50. The molecule has 0 aromatic carbocycles. The van der Waals surface area contributed by atoms with E-state index in [0.717, 1.165) is 83.5 Å². The number of hydrogen-bond acceptors (Lipinski definition) is 8. The first-order valence-corrected chi connectivity index (χ1v) is 22.8. The standard InChI is InChI=1S/C44H78NO8P/c1-3-5-7-9-11-13-15-17-19-21-23-25-27-29-31-33-35-37-44(47)53-42(41-52-54(48,49)51-39-38-45)40-50-43(46)36-34-32-30-28-26-24-22-20-18-16-14-12-10-8-6-4-2/h5,7,11,13-14,16-17,19-20,22,42H,3-4,6,8-10,12,15,18,21,23-41,45H2,1-2H3,(H,48,49)/b7-5-,13-11-,16-14-,19-17-,22-20-. The van der Waals surface area contributed by atoms with E-state index in [9.17, 15) is 19.0 Å². The third-order valence-electron chi connectivity index (χ3n) is 8.64. The molecular weight excluding hydrogens is 701 g/mol. The molecule has 3 N–H and O–H groups in total. The van der Waals surface area contributed by atoms with Crippen molar-refractivity contribution < 1.29 is 37.6 Å². The number of phosphoric ester groups is 1. The molecule has 312 valence electrons. The van der Waals surface area contributed by atoms with Gasteiger partial charge in [0.05, 0.1) is 13.2 Å². The van der Waals surface area contributed by atoms with Crippen LogP contribution in [0.15, 0.2) is 60.8 Å². The zero-order chi connectivity index (χ0) is 39.6. The van der Waals surface area contributed by atoms with Crippen LogP contribution >= 0.6 is 7.82 Å². The van der Waals surface area contributed by atoms with Gasteiger partial charge in [-0.2, -0.15) is 0 Å². The minimum Gasteiger partial charge on any atom is -0.462 e. The summed E-state index contributed by atoms with van der Waals surface area (Å²) in [7, 11) is -4.38. The van der Waals surface area contributed by atoms with E-state index >= 15 is 0 Å². The molecule has 0 aromatic rings. The van der Waals surface area contributed by atoms with Gasteiger partial charge in [-0.25, -0.2) is 4.57 Å². The summed E-state index contributed by atoms with van der Waals surface area (Å²) in [6.07, 6.45) is 46.7. The minimum absolute atomic E-state index is 0.0469. The van der Waals surface area contributed by atoms with Gasteiger partial charge in [0.15, 0.2) is 6.10 Å². The van der Waals surface area contributed by atoms with Crippen LogP contribution in [-0.4, -0.2) is 49.3 Å². The summed E-state index contributed by atoms with van der Waals surface area (Å²) in [5, 5.41) is 0. The van der Waals surface area contributed by atoms with Crippen molar-refractivity contribution in [1.82, 2.24) is 0 Å². The Morgan fingerprint density at radius 2 is 1.02 bits per heavy atom. The fourth-order valence-corrected chi connectivity index (χ4v) is 6.27. The first kappa shape index (κ1) is 51.7. The molecule has 0 amide bonds. The fraction of sp³-hybridized carbons (Fsp3) is 0.727. The van der Waals surface area contributed by atoms with Gasteiger partial charge < -0.3 is 20.1 Å². The highest BCUT2D eigenvalue weighted by atomic mass is 31.2. The van der Waals surface area contributed by atoms with E-state index in [0.29, 0.717) is 12.8 Å². The molecule has 54 heavy (non-hydrogen) atoms. The summed E-state index contributed by atoms with van der Waals surface area (Å²) in [5.74, 6) is -0.860. The number of allylic oxidation sites excluding steroid dienone is 10. The van der Waals surface area contributed by atoms with Crippen LogP contribution in [0.1, 0.15) is 174 Å². The molecule has 0 aliphatic carbocycles. The van der Waals surface area contributed by atoms with Crippen LogP contribution in [-0.2, 0) is 32.7 Å². The highest BCUT2D eigenvalue weighted by molar-refractivity contribution is 7.47. The number of esters is 2. The Bertz CT molecular complexity index is 1070. The Balaban J connectivity index is 4.21. The highest BCUT2D eigenvalue weighted by Gasteiger charge is 2.26. The summed E-state index contributed by atoms with van der Waals surface area (Å²) in [4.78, 5) is 34.9. The molecule has 0 aliphatic heterocycles. The van der Waals surface area contributed by atoms with Gasteiger partial charge in [0.2, 0.25) is 0 Å². The topological polar surface area (TPSA) is 134 Å². The molecule has 2 unspecified atom stereocenters. The van der Waals surface area contributed by atoms with Crippen molar-refractivity contribution in [2.75, 3.05) is 26.4 Å². The molecule has 2 atom stereocenters. The monoisotopic (exact) mass is 780 g/mol. The lowest BCUT2D eigenvalue weighted by atomic mass is 10.1. The summed E-state index contributed by atoms with van der Waals surface area (Å²) in [6, 6.07) is 0. The molecule has 0 saturated carbocycles. The van der Waals surface area contributed by atoms with Crippen molar-refractivity contribution in [1.29, 1.82) is 0 Å². The Kier molecular flexibility index (Phi) is 38.7. The number of unbranched alkanes of at least 4 members (excludes halogenated alkanes) is 16. The molecule has 0 bridgehead atoms. The zero-order valence-corrected chi connectivity index (χ0v) is 35.1. The molecule has 0 radical (unpaired) electrons. The number of nitrogens with two attached hydrogens (primary N) is 1. The molecule has 0 spiro atoms. The summed E-state index contributed by atoms with van der Waals surface area (Å²) in [5.41, 5.74) is 5.34. The van der Waals surface area contributed by atoms with E-state index in [-0.39, 0.29) is 32.6 Å². The van der Waals surface area contributed by atoms with E-state index in [1.165, 1.54) is 51.4 Å². The Hall–Kier alpha value is -2.29. The van der Waals surface area contributed by atoms with Gasteiger partial charge in [0, 0.05) is 19.4 Å². The molecule has 0 saturated heterocycles. The van der Waals surface area contributed by atoms with Crippen LogP contribution in [0.3, 0.4) is 0 Å². The van der Waals surface area contributed by atoms with Crippen molar-refractivity contribution in [3.8, 4) is 0 Å². The Morgan fingerprint density at radius 1 is 0.574 bits per heavy atom. The lowest BCUT2D eigenvalue weighted by Gasteiger charge is -2.19. The molecule has 10 heteroatoms. The van der Waals surface area contributed by atoms with E-state index in [1.54, 1.807) is 0 Å². The molecule has 0 aromatic heterocycles. The van der Waals surface area contributed by atoms with Gasteiger partial charge in [-0.3, -0.25) is 18.6 Å². The third kappa shape index (κ3) is 39.4. The predicted octanol–water partition coefficient (Wildman–Crippen LogP) is 12.1. The largest absolute Gasteiger partial charge is 0.472 e.